The van der Waals surface area contributed by atoms with Crippen molar-refractivity contribution in [3.8, 4) is 11.8 Å². The highest BCUT2D eigenvalue weighted by molar-refractivity contribution is 5.46. The monoisotopic (exact) mass is 213 g/mol. The number of hydrogen-bond donors (Lipinski definition) is 1. The van der Waals surface area contributed by atoms with Crippen molar-refractivity contribution in [3.05, 3.63) is 34.9 Å². The molecule has 2 rings (SSSR count). The second-order valence-corrected chi connectivity index (χ2v) is 4.56. The van der Waals surface area contributed by atoms with Gasteiger partial charge in [0, 0.05) is 11.5 Å². The minimum absolute atomic E-state index is 0.584. The second-order valence-electron chi connectivity index (χ2n) is 4.56. The maximum Gasteiger partial charge on any atom is 0.0303 e. The van der Waals surface area contributed by atoms with E-state index in [0.717, 1.165) is 13.1 Å². The molecule has 0 atom stereocenters. The van der Waals surface area contributed by atoms with Gasteiger partial charge in [-0.25, -0.2) is 0 Å². The highest BCUT2D eigenvalue weighted by atomic mass is 14.9. The van der Waals surface area contributed by atoms with Crippen LogP contribution < -0.4 is 5.32 Å². The molecular weight excluding hydrogens is 194 g/mol. The van der Waals surface area contributed by atoms with E-state index in [0.29, 0.717) is 5.92 Å². The molecule has 0 radical (unpaired) electrons. The maximum atomic E-state index is 3.43. The number of hydrogen-bond acceptors (Lipinski definition) is 1. The summed E-state index contributed by atoms with van der Waals surface area (Å²) in [6.07, 6.45) is 2.38. The van der Waals surface area contributed by atoms with Crippen molar-refractivity contribution in [1.29, 1.82) is 0 Å². The molecule has 1 aromatic rings. The van der Waals surface area contributed by atoms with Crippen LogP contribution in [0.2, 0.25) is 0 Å². The summed E-state index contributed by atoms with van der Waals surface area (Å²) in [7, 11) is 0. The zero-order valence-corrected chi connectivity index (χ0v) is 10.1. The van der Waals surface area contributed by atoms with Crippen molar-refractivity contribution in [2.45, 2.75) is 26.7 Å². The van der Waals surface area contributed by atoms with Crippen LogP contribution in [0.1, 0.15) is 29.5 Å². The summed E-state index contributed by atoms with van der Waals surface area (Å²) in [5.41, 5.74) is 3.81. The Morgan fingerprint density at radius 3 is 2.38 bits per heavy atom. The van der Waals surface area contributed by atoms with Crippen molar-refractivity contribution in [2.75, 3.05) is 13.1 Å². The first-order valence-electron chi connectivity index (χ1n) is 6.06. The molecule has 1 aliphatic rings. The minimum atomic E-state index is 0.584. The second kappa shape index (κ2) is 5.18. The van der Waals surface area contributed by atoms with Gasteiger partial charge in [-0.05, 0) is 50.9 Å². The molecule has 0 aromatic heterocycles. The van der Waals surface area contributed by atoms with Gasteiger partial charge in [0.1, 0.15) is 0 Å². The molecule has 0 saturated carbocycles. The van der Waals surface area contributed by atoms with Gasteiger partial charge in [0.05, 0.1) is 0 Å². The summed E-state index contributed by atoms with van der Waals surface area (Å²) >= 11 is 0. The van der Waals surface area contributed by atoms with Gasteiger partial charge in [-0.15, -0.1) is 0 Å². The van der Waals surface area contributed by atoms with E-state index in [2.05, 4.69) is 49.2 Å². The Hall–Kier alpha value is -1.26. The third-order valence-corrected chi connectivity index (χ3v) is 3.22. The first kappa shape index (κ1) is 11.2. The zero-order chi connectivity index (χ0) is 11.4. The minimum Gasteiger partial charge on any atom is -0.317 e. The maximum absolute atomic E-state index is 3.43. The Bertz CT molecular complexity index is 397. The van der Waals surface area contributed by atoms with E-state index in [4.69, 9.17) is 0 Å². The lowest BCUT2D eigenvalue weighted by molar-refractivity contribution is 0.447. The largest absolute Gasteiger partial charge is 0.317 e. The molecule has 1 fully saturated rings. The molecule has 0 amide bonds. The van der Waals surface area contributed by atoms with Gasteiger partial charge in [0.2, 0.25) is 0 Å². The van der Waals surface area contributed by atoms with Crippen LogP contribution in [0.3, 0.4) is 0 Å². The SMILES string of the molecule is Cc1cccc(C)c1C#CC1CCNCC1. The fraction of sp³-hybridized carbons (Fsp3) is 0.467. The van der Waals surface area contributed by atoms with Crippen LogP contribution in [0.25, 0.3) is 0 Å². The third-order valence-electron chi connectivity index (χ3n) is 3.22. The lowest BCUT2D eigenvalue weighted by atomic mass is 9.97. The lowest BCUT2D eigenvalue weighted by Crippen LogP contribution is -2.26. The Kier molecular flexibility index (Phi) is 3.64. The van der Waals surface area contributed by atoms with Crippen molar-refractivity contribution in [3.63, 3.8) is 0 Å². The van der Waals surface area contributed by atoms with E-state index in [1.54, 1.807) is 0 Å². The molecule has 1 aromatic carbocycles. The summed E-state index contributed by atoms with van der Waals surface area (Å²) in [4.78, 5) is 0. The van der Waals surface area contributed by atoms with Crippen LogP contribution in [0, 0.1) is 31.6 Å². The smallest absolute Gasteiger partial charge is 0.0303 e. The van der Waals surface area contributed by atoms with Gasteiger partial charge in [-0.2, -0.15) is 0 Å². The third kappa shape index (κ3) is 2.65. The van der Waals surface area contributed by atoms with E-state index < -0.39 is 0 Å². The molecule has 0 bridgehead atoms. The van der Waals surface area contributed by atoms with Crippen LogP contribution >= 0.6 is 0 Å². The quantitative estimate of drug-likeness (QED) is 0.653. The Balaban J connectivity index is 2.16. The van der Waals surface area contributed by atoms with Gasteiger partial charge >= 0.3 is 0 Å². The summed E-state index contributed by atoms with van der Waals surface area (Å²) in [5.74, 6) is 7.39. The summed E-state index contributed by atoms with van der Waals surface area (Å²) in [5, 5.41) is 3.37. The number of aryl methyl sites for hydroxylation is 2. The van der Waals surface area contributed by atoms with Gasteiger partial charge in [0.25, 0.3) is 0 Å². The van der Waals surface area contributed by atoms with Gasteiger partial charge in [-0.3, -0.25) is 0 Å². The predicted molar refractivity (Wildman–Crippen MR) is 68.4 cm³/mol. The molecule has 1 aliphatic heterocycles. The van der Waals surface area contributed by atoms with Crippen molar-refractivity contribution >= 4 is 0 Å². The molecule has 0 spiro atoms. The predicted octanol–water partition coefficient (Wildman–Crippen LogP) is 2.65. The molecule has 1 heteroatoms. The molecular formula is C15H19N. The van der Waals surface area contributed by atoms with Crippen LogP contribution in [-0.4, -0.2) is 13.1 Å². The Labute approximate surface area is 98.3 Å². The topological polar surface area (TPSA) is 12.0 Å². The molecule has 16 heavy (non-hydrogen) atoms. The fourth-order valence-electron chi connectivity index (χ4n) is 2.15. The number of nitrogens with one attached hydrogen (secondary N) is 1. The normalized spacial score (nSPS) is 16.6. The zero-order valence-electron chi connectivity index (χ0n) is 10.1. The van der Waals surface area contributed by atoms with E-state index >= 15 is 0 Å². The lowest BCUT2D eigenvalue weighted by Gasteiger charge is -2.17. The van der Waals surface area contributed by atoms with Gasteiger partial charge in [0.15, 0.2) is 0 Å². The summed E-state index contributed by atoms with van der Waals surface area (Å²) < 4.78 is 0. The Morgan fingerprint density at radius 1 is 1.12 bits per heavy atom. The highest BCUT2D eigenvalue weighted by Gasteiger charge is 2.09. The molecule has 1 heterocycles. The molecule has 1 N–H and O–H groups in total. The van der Waals surface area contributed by atoms with Crippen LogP contribution in [-0.2, 0) is 0 Å². The van der Waals surface area contributed by atoms with Gasteiger partial charge < -0.3 is 5.32 Å². The van der Waals surface area contributed by atoms with Crippen molar-refractivity contribution in [1.82, 2.24) is 5.32 Å². The molecule has 0 aliphatic carbocycles. The van der Waals surface area contributed by atoms with Crippen LogP contribution in [0.5, 0.6) is 0 Å². The summed E-state index contributed by atoms with van der Waals surface area (Å²) in [6, 6.07) is 6.37. The van der Waals surface area contributed by atoms with Crippen molar-refractivity contribution in [2.24, 2.45) is 5.92 Å². The molecule has 1 nitrogen and oxygen atoms in total. The number of benzene rings is 1. The molecule has 84 valence electrons. The molecule has 1 saturated heterocycles. The van der Waals surface area contributed by atoms with E-state index in [9.17, 15) is 0 Å². The van der Waals surface area contributed by atoms with Crippen molar-refractivity contribution < 1.29 is 0 Å². The van der Waals surface area contributed by atoms with E-state index in [-0.39, 0.29) is 0 Å². The Morgan fingerprint density at radius 2 is 1.75 bits per heavy atom. The number of rotatable bonds is 0. The van der Waals surface area contributed by atoms with Gasteiger partial charge in [-0.1, -0.05) is 30.0 Å². The average Bonchev–Trinajstić information content (AvgIpc) is 2.30. The number of piperidine rings is 1. The molecule has 0 unspecified atom stereocenters. The highest BCUT2D eigenvalue weighted by Crippen LogP contribution is 2.14. The van der Waals surface area contributed by atoms with Crippen LogP contribution in [0.15, 0.2) is 18.2 Å². The first-order valence-corrected chi connectivity index (χ1v) is 6.06. The standard InChI is InChI=1S/C15H19N/c1-12-4-3-5-13(2)15(12)7-6-14-8-10-16-11-9-14/h3-5,14,16H,8-11H2,1-2H3. The van der Waals surface area contributed by atoms with Crippen LogP contribution in [0.4, 0.5) is 0 Å². The average molecular weight is 213 g/mol. The van der Waals surface area contributed by atoms with E-state index in [1.807, 2.05) is 0 Å². The fourth-order valence-corrected chi connectivity index (χ4v) is 2.15. The first-order chi connectivity index (χ1) is 7.77. The summed E-state index contributed by atoms with van der Waals surface area (Å²) in [6.45, 7) is 6.51. The van der Waals surface area contributed by atoms with E-state index in [1.165, 1.54) is 29.5 Å².